The lowest BCUT2D eigenvalue weighted by atomic mass is 10.2. The predicted octanol–water partition coefficient (Wildman–Crippen LogP) is 4.17. The van der Waals surface area contributed by atoms with Gasteiger partial charge in [-0.05, 0) is 56.1 Å². The average Bonchev–Trinajstić information content (AvgIpc) is 2.40. The zero-order chi connectivity index (χ0) is 13.1. The number of anilines is 1. The van der Waals surface area contributed by atoms with Crippen molar-refractivity contribution in [2.45, 2.75) is 0 Å². The summed E-state index contributed by atoms with van der Waals surface area (Å²) in [4.78, 5) is 12.0. The Kier molecular flexibility index (Phi) is 4.04. The van der Waals surface area contributed by atoms with Crippen LogP contribution >= 0.6 is 31.9 Å². The molecular weight excluding hydrogens is 362 g/mol. The highest BCUT2D eigenvalue weighted by Crippen LogP contribution is 2.38. The zero-order valence-corrected chi connectivity index (χ0v) is 12.3. The highest BCUT2D eigenvalue weighted by Gasteiger charge is 2.13. The molecule has 0 aliphatic heterocycles. The predicted molar refractivity (Wildman–Crippen MR) is 77.9 cm³/mol. The highest BCUT2D eigenvalue weighted by atomic mass is 79.9. The van der Waals surface area contributed by atoms with Crippen LogP contribution in [0.5, 0.6) is 5.75 Å². The third-order valence-corrected chi connectivity index (χ3v) is 3.65. The fourth-order valence-corrected chi connectivity index (χ4v) is 2.18. The molecule has 1 amide bonds. The summed E-state index contributed by atoms with van der Waals surface area (Å²) in [6, 6.07) is 12.2. The Morgan fingerprint density at radius 2 is 1.61 bits per heavy atom. The number of carbonyl (C=O) groups excluding carboxylic acids is 1. The lowest BCUT2D eigenvalue weighted by Gasteiger charge is -2.10. The van der Waals surface area contributed by atoms with Crippen LogP contribution in [0.25, 0.3) is 0 Å². The summed E-state index contributed by atoms with van der Waals surface area (Å²) in [6.45, 7) is 0. The molecule has 18 heavy (non-hydrogen) atoms. The number of nitrogens with one attached hydrogen (secondary N) is 1. The topological polar surface area (TPSA) is 49.3 Å². The van der Waals surface area contributed by atoms with Crippen molar-refractivity contribution in [3.8, 4) is 5.75 Å². The molecule has 2 N–H and O–H groups in total. The molecule has 0 heterocycles. The molecule has 0 radical (unpaired) electrons. The van der Waals surface area contributed by atoms with E-state index in [1.54, 1.807) is 36.4 Å². The number of halogens is 2. The summed E-state index contributed by atoms with van der Waals surface area (Å²) in [5.41, 5.74) is 0.877. The van der Waals surface area contributed by atoms with E-state index >= 15 is 0 Å². The first-order chi connectivity index (χ1) is 8.59. The Hall–Kier alpha value is -1.33. The first kappa shape index (κ1) is 13.1. The Balaban J connectivity index is 2.30. The number of phenolic OH excluding ortho intramolecular Hbond substituents is 1. The Bertz CT molecular complexity index is 585. The maximum Gasteiger partial charge on any atom is 0.255 e. The van der Waals surface area contributed by atoms with Crippen LogP contribution in [0.15, 0.2) is 51.4 Å². The molecule has 3 nitrogen and oxygen atoms in total. The Morgan fingerprint density at radius 1 is 1.00 bits per heavy atom. The van der Waals surface area contributed by atoms with Crippen molar-refractivity contribution in [3.05, 3.63) is 57.0 Å². The first-order valence-corrected chi connectivity index (χ1v) is 6.71. The van der Waals surface area contributed by atoms with Gasteiger partial charge in [-0.15, -0.1) is 0 Å². The first-order valence-electron chi connectivity index (χ1n) is 5.13. The van der Waals surface area contributed by atoms with Crippen LogP contribution in [0.1, 0.15) is 10.4 Å². The number of hydrogen-bond acceptors (Lipinski definition) is 2. The van der Waals surface area contributed by atoms with Crippen molar-refractivity contribution in [1.82, 2.24) is 0 Å². The van der Waals surface area contributed by atoms with Gasteiger partial charge in [0, 0.05) is 10.0 Å². The van der Waals surface area contributed by atoms with E-state index in [9.17, 15) is 9.90 Å². The normalized spacial score (nSPS) is 10.1. The molecule has 0 spiro atoms. The van der Waals surface area contributed by atoms with Crippen LogP contribution in [0, 0.1) is 0 Å². The van der Waals surface area contributed by atoms with Crippen molar-refractivity contribution in [2.75, 3.05) is 5.32 Å². The smallest absolute Gasteiger partial charge is 0.255 e. The van der Waals surface area contributed by atoms with Crippen molar-refractivity contribution in [1.29, 1.82) is 0 Å². The molecule has 2 aromatic rings. The maximum atomic E-state index is 12.0. The molecule has 0 unspecified atom stereocenters. The van der Waals surface area contributed by atoms with Crippen LogP contribution in [-0.4, -0.2) is 11.0 Å². The largest absolute Gasteiger partial charge is 0.505 e. The zero-order valence-electron chi connectivity index (χ0n) is 9.15. The van der Waals surface area contributed by atoms with Crippen LogP contribution < -0.4 is 5.32 Å². The summed E-state index contributed by atoms with van der Waals surface area (Å²) in [5, 5.41) is 12.6. The molecule has 2 rings (SSSR count). The van der Waals surface area contributed by atoms with Crippen LogP contribution in [0.2, 0.25) is 0 Å². The molecule has 0 saturated heterocycles. The van der Waals surface area contributed by atoms with E-state index in [4.69, 9.17) is 0 Å². The van der Waals surface area contributed by atoms with E-state index in [0.717, 1.165) is 0 Å². The molecule has 2 aromatic carbocycles. The molecule has 0 bridgehead atoms. The monoisotopic (exact) mass is 369 g/mol. The number of amides is 1. The fraction of sp³-hybridized carbons (Fsp3) is 0. The van der Waals surface area contributed by atoms with Crippen LogP contribution in [0.3, 0.4) is 0 Å². The van der Waals surface area contributed by atoms with Crippen molar-refractivity contribution >= 4 is 43.5 Å². The minimum Gasteiger partial charge on any atom is -0.505 e. The van der Waals surface area contributed by atoms with Gasteiger partial charge in [-0.25, -0.2) is 0 Å². The van der Waals surface area contributed by atoms with Crippen molar-refractivity contribution < 1.29 is 9.90 Å². The summed E-state index contributed by atoms with van der Waals surface area (Å²) in [5.74, 6) is -0.279. The Labute approximate surface area is 121 Å². The van der Waals surface area contributed by atoms with Gasteiger partial charge in [0.1, 0.15) is 0 Å². The van der Waals surface area contributed by atoms with Gasteiger partial charge < -0.3 is 10.4 Å². The number of aromatic hydroxyl groups is 1. The summed E-state index contributed by atoms with van der Waals surface area (Å²) in [6.07, 6.45) is 0. The summed E-state index contributed by atoms with van der Waals surface area (Å²) < 4.78 is 1.14. The van der Waals surface area contributed by atoms with Crippen molar-refractivity contribution in [2.24, 2.45) is 0 Å². The van der Waals surface area contributed by atoms with Crippen LogP contribution in [-0.2, 0) is 0 Å². The molecule has 0 aromatic heterocycles. The molecule has 0 aliphatic rings. The van der Waals surface area contributed by atoms with Gasteiger partial charge in [0.2, 0.25) is 0 Å². The molecule has 92 valence electrons. The highest BCUT2D eigenvalue weighted by molar-refractivity contribution is 9.11. The van der Waals surface area contributed by atoms with E-state index in [-0.39, 0.29) is 11.7 Å². The quantitative estimate of drug-likeness (QED) is 0.779. The average molecular weight is 371 g/mol. The second kappa shape index (κ2) is 5.54. The van der Waals surface area contributed by atoms with E-state index in [0.29, 0.717) is 20.2 Å². The lowest BCUT2D eigenvalue weighted by Crippen LogP contribution is -2.12. The second-order valence-corrected chi connectivity index (χ2v) is 5.28. The lowest BCUT2D eigenvalue weighted by molar-refractivity contribution is 0.102. The molecular formula is C13H9Br2NO2. The van der Waals surface area contributed by atoms with E-state index in [1.165, 1.54) is 0 Å². The van der Waals surface area contributed by atoms with Gasteiger partial charge in [0.25, 0.3) is 5.91 Å². The van der Waals surface area contributed by atoms with Gasteiger partial charge >= 0.3 is 0 Å². The van der Waals surface area contributed by atoms with Crippen LogP contribution in [0.4, 0.5) is 5.69 Å². The molecule has 0 aliphatic carbocycles. The van der Waals surface area contributed by atoms with Crippen molar-refractivity contribution in [3.63, 3.8) is 0 Å². The van der Waals surface area contributed by atoms with Gasteiger partial charge in [0.15, 0.2) is 5.75 Å². The van der Waals surface area contributed by atoms with E-state index in [1.807, 2.05) is 6.07 Å². The summed E-state index contributed by atoms with van der Waals surface area (Å²) >= 11 is 6.49. The van der Waals surface area contributed by atoms with Gasteiger partial charge in [0.05, 0.1) is 10.2 Å². The fourth-order valence-electron chi connectivity index (χ4n) is 1.44. The molecule has 0 fully saturated rings. The SMILES string of the molecule is O=C(Nc1c(Br)ccc(Br)c1O)c1ccccc1. The number of benzene rings is 2. The van der Waals surface area contributed by atoms with E-state index < -0.39 is 0 Å². The second-order valence-electron chi connectivity index (χ2n) is 3.57. The third kappa shape index (κ3) is 2.73. The number of hydrogen-bond donors (Lipinski definition) is 2. The molecule has 0 saturated carbocycles. The number of phenols is 1. The van der Waals surface area contributed by atoms with Gasteiger partial charge in [-0.2, -0.15) is 0 Å². The minimum absolute atomic E-state index is 0.00587. The van der Waals surface area contributed by atoms with Gasteiger partial charge in [-0.1, -0.05) is 18.2 Å². The molecule has 5 heteroatoms. The molecule has 0 atom stereocenters. The van der Waals surface area contributed by atoms with Gasteiger partial charge in [-0.3, -0.25) is 4.79 Å². The number of rotatable bonds is 2. The standard InChI is InChI=1S/C13H9Br2NO2/c14-9-6-7-10(15)12(17)11(9)16-13(18)8-4-2-1-3-5-8/h1-7,17H,(H,16,18). The van der Waals surface area contributed by atoms with E-state index in [2.05, 4.69) is 37.2 Å². The third-order valence-electron chi connectivity index (χ3n) is 2.35. The minimum atomic E-state index is -0.273. The summed E-state index contributed by atoms with van der Waals surface area (Å²) in [7, 11) is 0. The Morgan fingerprint density at radius 3 is 2.28 bits per heavy atom. The maximum absolute atomic E-state index is 12.0. The number of carbonyl (C=O) groups is 1.